The largest absolute Gasteiger partial charge is 0.466 e. The summed E-state index contributed by atoms with van der Waals surface area (Å²) in [4.78, 5) is 24.5. The van der Waals surface area contributed by atoms with Crippen molar-refractivity contribution in [3.8, 4) is 0 Å². The van der Waals surface area contributed by atoms with Gasteiger partial charge < -0.3 is 20.3 Å². The number of amides is 1. The van der Waals surface area contributed by atoms with E-state index in [0.29, 0.717) is 25.9 Å². The molecule has 3 N–H and O–H groups in total. The number of allylic oxidation sites excluding steroid dienone is 2. The molecule has 6 nitrogen and oxygen atoms in total. The van der Waals surface area contributed by atoms with Crippen molar-refractivity contribution < 1.29 is 24.5 Å². The van der Waals surface area contributed by atoms with Gasteiger partial charge in [0.2, 0.25) is 5.91 Å². The van der Waals surface area contributed by atoms with Gasteiger partial charge in [0, 0.05) is 12.8 Å². The maximum absolute atomic E-state index is 12.5. The molecular weight excluding hydrogens is 815 g/mol. The first-order valence-corrected chi connectivity index (χ1v) is 29.9. The number of aliphatic hydroxyl groups is 2. The van der Waals surface area contributed by atoms with Crippen LogP contribution < -0.4 is 5.32 Å². The lowest BCUT2D eigenvalue weighted by atomic mass is 10.0. The Balaban J connectivity index is 3.39. The number of carbonyl (C=O) groups excluding carboxylic acids is 2. The van der Waals surface area contributed by atoms with E-state index in [9.17, 15) is 19.8 Å². The molecule has 0 bridgehead atoms. The van der Waals surface area contributed by atoms with Crippen molar-refractivity contribution >= 4 is 11.9 Å². The maximum Gasteiger partial charge on any atom is 0.305 e. The number of hydrogen-bond donors (Lipinski definition) is 3. The van der Waals surface area contributed by atoms with E-state index < -0.39 is 12.1 Å². The summed E-state index contributed by atoms with van der Waals surface area (Å²) in [7, 11) is 0. The molecule has 0 radical (unpaired) electrons. The third kappa shape index (κ3) is 52.0. The molecule has 0 saturated heterocycles. The molecule has 0 aliphatic heterocycles. The second-order valence-electron chi connectivity index (χ2n) is 20.7. The van der Waals surface area contributed by atoms with Gasteiger partial charge in [0.1, 0.15) is 0 Å². The van der Waals surface area contributed by atoms with Crippen LogP contribution in [-0.4, -0.2) is 47.4 Å². The number of ether oxygens (including phenoxy) is 1. The Hall–Kier alpha value is -1.40. The van der Waals surface area contributed by atoms with Crippen LogP contribution in [0.25, 0.3) is 0 Å². The third-order valence-electron chi connectivity index (χ3n) is 14.1. The Morgan fingerprint density at radius 3 is 1.09 bits per heavy atom. The summed E-state index contributed by atoms with van der Waals surface area (Å²) >= 11 is 0. The average molecular weight is 933 g/mol. The van der Waals surface area contributed by atoms with E-state index in [1.165, 1.54) is 257 Å². The molecule has 0 aromatic carbocycles. The van der Waals surface area contributed by atoms with Crippen LogP contribution in [0.15, 0.2) is 12.2 Å². The molecule has 0 saturated carbocycles. The van der Waals surface area contributed by atoms with Crippen molar-refractivity contribution in [2.24, 2.45) is 0 Å². The van der Waals surface area contributed by atoms with Crippen molar-refractivity contribution in [2.45, 2.75) is 347 Å². The first-order chi connectivity index (χ1) is 32.5. The highest BCUT2D eigenvalue weighted by Crippen LogP contribution is 2.18. The summed E-state index contributed by atoms with van der Waals surface area (Å²) in [6.07, 6.45) is 66.3. The van der Waals surface area contributed by atoms with Gasteiger partial charge in [-0.25, -0.2) is 0 Å². The predicted molar refractivity (Wildman–Crippen MR) is 287 cm³/mol. The summed E-state index contributed by atoms with van der Waals surface area (Å²) in [5, 5.41) is 23.3. The van der Waals surface area contributed by atoms with Gasteiger partial charge in [0.15, 0.2) is 0 Å². The molecule has 0 heterocycles. The Kier molecular flexibility index (Phi) is 55.0. The van der Waals surface area contributed by atoms with E-state index in [1.54, 1.807) is 0 Å². The molecule has 0 fully saturated rings. The lowest BCUT2D eigenvalue weighted by molar-refractivity contribution is -0.143. The minimum absolute atomic E-state index is 0.00198. The van der Waals surface area contributed by atoms with Gasteiger partial charge >= 0.3 is 5.97 Å². The first-order valence-electron chi connectivity index (χ1n) is 29.9. The van der Waals surface area contributed by atoms with Crippen molar-refractivity contribution in [2.75, 3.05) is 13.2 Å². The van der Waals surface area contributed by atoms with E-state index >= 15 is 0 Å². The van der Waals surface area contributed by atoms with Crippen LogP contribution in [0.2, 0.25) is 0 Å². The smallest absolute Gasteiger partial charge is 0.305 e. The quantitative estimate of drug-likeness (QED) is 0.0321. The molecule has 2 atom stereocenters. The van der Waals surface area contributed by atoms with Crippen LogP contribution in [-0.2, 0) is 14.3 Å². The second-order valence-corrected chi connectivity index (χ2v) is 20.7. The molecule has 66 heavy (non-hydrogen) atoms. The molecule has 0 aliphatic rings. The Bertz CT molecular complexity index is 986. The molecule has 0 spiro atoms. The molecule has 0 aromatic rings. The Morgan fingerprint density at radius 2 is 0.712 bits per heavy atom. The van der Waals surface area contributed by atoms with Gasteiger partial charge in [-0.2, -0.15) is 0 Å². The minimum Gasteiger partial charge on any atom is -0.466 e. The van der Waals surface area contributed by atoms with Crippen LogP contribution in [0.3, 0.4) is 0 Å². The van der Waals surface area contributed by atoms with Gasteiger partial charge in [0.05, 0.1) is 25.4 Å². The molecule has 1 amide bonds. The number of unbranched alkanes of at least 4 members (excludes halogenated alkanes) is 43. The fourth-order valence-corrected chi connectivity index (χ4v) is 9.46. The Morgan fingerprint density at radius 1 is 0.409 bits per heavy atom. The topological polar surface area (TPSA) is 95.9 Å². The highest BCUT2D eigenvalue weighted by Gasteiger charge is 2.20. The van der Waals surface area contributed by atoms with Gasteiger partial charge in [0.25, 0.3) is 0 Å². The van der Waals surface area contributed by atoms with Gasteiger partial charge in [-0.1, -0.05) is 283 Å². The van der Waals surface area contributed by atoms with E-state index in [2.05, 4.69) is 31.3 Å². The standard InChI is InChI=1S/C60H117NO5/c1-3-5-7-9-11-13-15-17-18-25-29-32-36-40-44-48-52-58(63)57(56-62)61-59(64)53-49-45-41-37-33-30-26-23-21-19-20-22-24-27-31-35-39-43-47-51-55-66-60(65)54-50-46-42-38-34-28-16-14-12-10-8-6-4-2/h14,16,57-58,62-63H,3-13,15,17-56H2,1-2H3,(H,61,64)/b16-14-. The fraction of sp³-hybridized carbons (Fsp3) is 0.933. The molecule has 0 aromatic heterocycles. The third-order valence-corrected chi connectivity index (χ3v) is 14.1. The molecule has 2 unspecified atom stereocenters. The molecule has 0 aliphatic carbocycles. The fourth-order valence-electron chi connectivity index (χ4n) is 9.46. The van der Waals surface area contributed by atoms with Crippen LogP contribution in [0, 0.1) is 0 Å². The molecule has 6 heteroatoms. The van der Waals surface area contributed by atoms with Crippen molar-refractivity contribution in [1.29, 1.82) is 0 Å². The zero-order valence-corrected chi connectivity index (χ0v) is 44.7. The highest BCUT2D eigenvalue weighted by atomic mass is 16.5. The van der Waals surface area contributed by atoms with Gasteiger partial charge in [-0.3, -0.25) is 9.59 Å². The van der Waals surface area contributed by atoms with Crippen molar-refractivity contribution in [3.05, 3.63) is 12.2 Å². The van der Waals surface area contributed by atoms with Crippen LogP contribution in [0.5, 0.6) is 0 Å². The summed E-state index contributed by atoms with van der Waals surface area (Å²) < 4.78 is 5.47. The lowest BCUT2D eigenvalue weighted by Gasteiger charge is -2.22. The predicted octanol–water partition coefficient (Wildman–Crippen LogP) is 18.5. The van der Waals surface area contributed by atoms with Crippen LogP contribution in [0.1, 0.15) is 335 Å². The molecule has 392 valence electrons. The number of aliphatic hydroxyl groups excluding tert-OH is 2. The monoisotopic (exact) mass is 932 g/mol. The highest BCUT2D eigenvalue weighted by molar-refractivity contribution is 5.76. The Labute approximate surface area is 412 Å². The summed E-state index contributed by atoms with van der Waals surface area (Å²) in [6, 6.07) is -0.542. The number of nitrogens with one attached hydrogen (secondary N) is 1. The van der Waals surface area contributed by atoms with Gasteiger partial charge in [-0.15, -0.1) is 0 Å². The zero-order valence-electron chi connectivity index (χ0n) is 44.7. The van der Waals surface area contributed by atoms with Crippen molar-refractivity contribution in [1.82, 2.24) is 5.32 Å². The minimum atomic E-state index is -0.665. The lowest BCUT2D eigenvalue weighted by Crippen LogP contribution is -2.45. The first kappa shape index (κ1) is 64.6. The van der Waals surface area contributed by atoms with Crippen LogP contribution in [0.4, 0.5) is 0 Å². The van der Waals surface area contributed by atoms with Crippen molar-refractivity contribution in [3.63, 3.8) is 0 Å². The van der Waals surface area contributed by atoms with E-state index in [0.717, 1.165) is 44.9 Å². The normalized spacial score (nSPS) is 12.6. The van der Waals surface area contributed by atoms with E-state index in [1.807, 2.05) is 0 Å². The molecular formula is C60H117NO5. The zero-order chi connectivity index (χ0) is 47.9. The molecule has 0 rings (SSSR count). The second kappa shape index (κ2) is 56.2. The average Bonchev–Trinajstić information content (AvgIpc) is 3.32. The van der Waals surface area contributed by atoms with E-state index in [-0.39, 0.29) is 18.5 Å². The summed E-state index contributed by atoms with van der Waals surface area (Å²) in [5.41, 5.74) is 0. The summed E-state index contributed by atoms with van der Waals surface area (Å²) in [5.74, 6) is -0.0324. The number of esters is 1. The number of hydrogen-bond acceptors (Lipinski definition) is 5. The van der Waals surface area contributed by atoms with Crippen LogP contribution >= 0.6 is 0 Å². The summed E-state index contributed by atoms with van der Waals surface area (Å²) in [6.45, 7) is 4.95. The number of rotatable bonds is 56. The maximum atomic E-state index is 12.5. The van der Waals surface area contributed by atoms with Gasteiger partial charge in [-0.05, 0) is 51.4 Å². The SMILES string of the molecule is CCCCCC/C=C\CCCCCCCC(=O)OCCCCCCCCCCCCCCCCCCCCCCC(=O)NC(CO)C(O)CCCCCCCCCCCCCCCCCC. The number of carbonyl (C=O) groups is 2. The van der Waals surface area contributed by atoms with E-state index in [4.69, 9.17) is 4.74 Å².